The van der Waals surface area contributed by atoms with Gasteiger partial charge < -0.3 is 11.1 Å². The second kappa shape index (κ2) is 6.87. The summed E-state index contributed by atoms with van der Waals surface area (Å²) in [4.78, 5) is 12.5. The van der Waals surface area contributed by atoms with Crippen LogP contribution in [0.4, 0.5) is 8.78 Å². The van der Waals surface area contributed by atoms with Crippen molar-refractivity contribution in [3.8, 4) is 0 Å². The molecule has 3 N–H and O–H groups in total. The smallest absolute Gasteiger partial charge is 0.277 e. The Balaban J connectivity index is 1.88. The molecule has 21 heavy (non-hydrogen) atoms. The van der Waals surface area contributed by atoms with Gasteiger partial charge in [-0.05, 0) is 22.9 Å². The summed E-state index contributed by atoms with van der Waals surface area (Å²) in [7, 11) is 0. The Morgan fingerprint density at radius 2 is 1.90 bits per heavy atom. The lowest BCUT2D eigenvalue weighted by atomic mass is 10.1. The molecule has 0 radical (unpaired) electrons. The molecule has 0 unspecified atom stereocenters. The zero-order valence-corrected chi connectivity index (χ0v) is 12.1. The molecule has 2 aromatic carbocycles. The number of halogens is 2. The van der Waals surface area contributed by atoms with Crippen LogP contribution >= 0.6 is 11.8 Å². The van der Waals surface area contributed by atoms with Gasteiger partial charge in [-0.3, -0.25) is 4.79 Å². The number of amides is 1. The second-order valence-corrected chi connectivity index (χ2v) is 5.68. The lowest BCUT2D eigenvalue weighted by Gasteiger charge is -2.14. The van der Waals surface area contributed by atoms with Crippen LogP contribution in [-0.4, -0.2) is 30.7 Å². The lowest BCUT2D eigenvalue weighted by molar-refractivity contribution is -0.120. The highest BCUT2D eigenvalue weighted by atomic mass is 32.2. The van der Waals surface area contributed by atoms with E-state index >= 15 is 0 Å². The van der Waals surface area contributed by atoms with E-state index < -0.39 is 24.9 Å². The molecule has 1 amide bonds. The van der Waals surface area contributed by atoms with Crippen LogP contribution in [0.25, 0.3) is 10.8 Å². The maximum Gasteiger partial charge on any atom is 0.277 e. The highest BCUT2D eigenvalue weighted by Crippen LogP contribution is 2.23. The fraction of sp³-hybridized carbons (Fsp3) is 0.267. The first-order valence-corrected chi connectivity index (χ1v) is 7.45. The lowest BCUT2D eigenvalue weighted by Crippen LogP contribution is -2.42. The zero-order valence-electron chi connectivity index (χ0n) is 11.3. The molecule has 0 aliphatic carbocycles. The highest BCUT2D eigenvalue weighted by molar-refractivity contribution is 8.00. The largest absolute Gasteiger partial charge is 0.349 e. The molecule has 0 aliphatic rings. The SMILES string of the molecule is NCC(F)(F)CNC(=O)CSc1ccc2ccccc2c1. The summed E-state index contributed by atoms with van der Waals surface area (Å²) in [6.45, 7) is -1.49. The van der Waals surface area contributed by atoms with Crippen LogP contribution in [0, 0.1) is 0 Å². The molecule has 6 heteroatoms. The van der Waals surface area contributed by atoms with E-state index in [1.165, 1.54) is 11.8 Å². The third-order valence-electron chi connectivity index (χ3n) is 2.93. The molecule has 0 saturated heterocycles. The molecule has 112 valence electrons. The number of carbonyl (C=O) groups excluding carboxylic acids is 1. The standard InChI is InChI=1S/C15H16F2N2OS/c16-15(17,9-18)10-19-14(20)8-21-13-6-5-11-3-1-2-4-12(11)7-13/h1-7H,8-10,18H2,(H,19,20). The Morgan fingerprint density at radius 1 is 1.19 bits per heavy atom. The predicted octanol–water partition coefficient (Wildman–Crippen LogP) is 2.64. The highest BCUT2D eigenvalue weighted by Gasteiger charge is 2.26. The van der Waals surface area contributed by atoms with Crippen molar-refractivity contribution in [1.29, 1.82) is 0 Å². The average Bonchev–Trinajstić information content (AvgIpc) is 2.51. The summed E-state index contributed by atoms with van der Waals surface area (Å²) in [5, 5.41) is 4.39. The van der Waals surface area contributed by atoms with Crippen molar-refractivity contribution in [2.45, 2.75) is 10.8 Å². The van der Waals surface area contributed by atoms with E-state index in [0.29, 0.717) is 0 Å². The first-order chi connectivity index (χ1) is 10.00. The van der Waals surface area contributed by atoms with E-state index in [2.05, 4.69) is 5.32 Å². The Morgan fingerprint density at radius 3 is 2.62 bits per heavy atom. The number of nitrogens with one attached hydrogen (secondary N) is 1. The number of fused-ring (bicyclic) bond motifs is 1. The molecule has 3 nitrogen and oxygen atoms in total. The minimum absolute atomic E-state index is 0.0962. The molecule has 0 bridgehead atoms. The van der Waals surface area contributed by atoms with Crippen molar-refractivity contribution in [2.24, 2.45) is 5.73 Å². The molecule has 0 saturated carbocycles. The summed E-state index contributed by atoms with van der Waals surface area (Å²) in [5.41, 5.74) is 4.90. The van der Waals surface area contributed by atoms with E-state index in [9.17, 15) is 13.6 Å². The molecular formula is C15H16F2N2OS. The zero-order chi connectivity index (χ0) is 15.3. The summed E-state index contributed by atoms with van der Waals surface area (Å²) in [6.07, 6.45) is 0. The van der Waals surface area contributed by atoms with Crippen LogP contribution in [0.3, 0.4) is 0 Å². The van der Waals surface area contributed by atoms with Crippen LogP contribution in [0.2, 0.25) is 0 Å². The molecule has 0 atom stereocenters. The number of thioether (sulfide) groups is 1. The molecule has 0 aromatic heterocycles. The number of hydrogen-bond donors (Lipinski definition) is 2. The minimum Gasteiger partial charge on any atom is -0.349 e. The first kappa shape index (κ1) is 15.7. The minimum atomic E-state index is -3.05. The molecule has 2 rings (SSSR count). The molecule has 0 fully saturated rings. The van der Waals surface area contributed by atoms with Gasteiger partial charge in [0, 0.05) is 4.90 Å². The summed E-state index contributed by atoms with van der Waals surface area (Å²) < 4.78 is 25.8. The predicted molar refractivity (Wildman–Crippen MR) is 81.7 cm³/mol. The van der Waals surface area contributed by atoms with E-state index in [1.54, 1.807) is 0 Å². The fourth-order valence-electron chi connectivity index (χ4n) is 1.76. The quantitative estimate of drug-likeness (QED) is 0.807. The van der Waals surface area contributed by atoms with Crippen molar-refractivity contribution in [3.05, 3.63) is 42.5 Å². The van der Waals surface area contributed by atoms with Crippen LogP contribution in [0.1, 0.15) is 0 Å². The monoisotopic (exact) mass is 310 g/mol. The van der Waals surface area contributed by atoms with E-state index in [4.69, 9.17) is 5.73 Å². The number of benzene rings is 2. The van der Waals surface area contributed by atoms with Crippen molar-refractivity contribution in [1.82, 2.24) is 5.32 Å². The van der Waals surface area contributed by atoms with Crippen LogP contribution in [0.5, 0.6) is 0 Å². The van der Waals surface area contributed by atoms with E-state index in [1.807, 2.05) is 42.5 Å². The Kier molecular flexibility index (Phi) is 5.14. The third-order valence-corrected chi connectivity index (χ3v) is 3.93. The van der Waals surface area contributed by atoms with Crippen molar-refractivity contribution in [2.75, 3.05) is 18.8 Å². The summed E-state index contributed by atoms with van der Waals surface area (Å²) in [5.74, 6) is -3.39. The van der Waals surface area contributed by atoms with Gasteiger partial charge in [0.2, 0.25) is 5.91 Å². The fourth-order valence-corrected chi connectivity index (χ4v) is 2.53. The Bertz CT molecular complexity index is 634. The van der Waals surface area contributed by atoms with Gasteiger partial charge in [0.05, 0.1) is 18.8 Å². The van der Waals surface area contributed by atoms with Gasteiger partial charge in [-0.1, -0.05) is 30.3 Å². The van der Waals surface area contributed by atoms with Crippen molar-refractivity contribution in [3.63, 3.8) is 0 Å². The first-order valence-electron chi connectivity index (χ1n) is 6.46. The van der Waals surface area contributed by atoms with Gasteiger partial charge >= 0.3 is 0 Å². The van der Waals surface area contributed by atoms with Gasteiger partial charge in [0.25, 0.3) is 5.92 Å². The third kappa shape index (κ3) is 4.68. The maximum absolute atomic E-state index is 12.9. The maximum atomic E-state index is 12.9. The molecule has 0 aliphatic heterocycles. The topological polar surface area (TPSA) is 55.1 Å². The van der Waals surface area contributed by atoms with Crippen molar-refractivity contribution >= 4 is 28.4 Å². The summed E-state index contributed by atoms with van der Waals surface area (Å²) >= 11 is 1.31. The second-order valence-electron chi connectivity index (χ2n) is 4.63. The Hall–Kier alpha value is -1.66. The van der Waals surface area contributed by atoms with E-state index in [-0.39, 0.29) is 5.75 Å². The number of alkyl halides is 2. The normalized spacial score (nSPS) is 11.6. The van der Waals surface area contributed by atoms with Gasteiger partial charge in [0.1, 0.15) is 0 Å². The number of hydrogen-bond acceptors (Lipinski definition) is 3. The van der Waals surface area contributed by atoms with Gasteiger partial charge in [-0.2, -0.15) is 0 Å². The van der Waals surface area contributed by atoms with E-state index in [0.717, 1.165) is 15.7 Å². The molecular weight excluding hydrogens is 294 g/mol. The van der Waals surface area contributed by atoms with Gasteiger partial charge in [0.15, 0.2) is 0 Å². The van der Waals surface area contributed by atoms with Crippen molar-refractivity contribution < 1.29 is 13.6 Å². The number of nitrogens with two attached hydrogens (primary N) is 1. The summed E-state index contributed by atoms with van der Waals surface area (Å²) in [6, 6.07) is 13.7. The van der Waals surface area contributed by atoms with Crippen LogP contribution < -0.4 is 11.1 Å². The Labute approximate surface area is 125 Å². The molecule has 2 aromatic rings. The molecule has 0 heterocycles. The average molecular weight is 310 g/mol. The van der Waals surface area contributed by atoms with Gasteiger partial charge in [-0.15, -0.1) is 11.8 Å². The number of carbonyl (C=O) groups is 1. The number of rotatable bonds is 6. The van der Waals surface area contributed by atoms with Crippen LogP contribution in [0.15, 0.2) is 47.4 Å². The molecule has 0 spiro atoms. The van der Waals surface area contributed by atoms with Gasteiger partial charge in [-0.25, -0.2) is 8.78 Å². The van der Waals surface area contributed by atoms with Crippen LogP contribution in [-0.2, 0) is 4.79 Å².